The van der Waals surface area contributed by atoms with Crippen LogP contribution in [0.1, 0.15) is 11.1 Å². The molecule has 0 saturated carbocycles. The van der Waals surface area contributed by atoms with Crippen LogP contribution in [-0.2, 0) is 11.3 Å². The maximum absolute atomic E-state index is 12.6. The second kappa shape index (κ2) is 7.47. The van der Waals surface area contributed by atoms with Gasteiger partial charge in [0.15, 0.2) is 0 Å². The Morgan fingerprint density at radius 2 is 1.72 bits per heavy atom. The van der Waals surface area contributed by atoms with Crippen molar-refractivity contribution in [2.24, 2.45) is 0 Å². The highest BCUT2D eigenvalue weighted by atomic mass is 35.5. The van der Waals surface area contributed by atoms with Crippen molar-refractivity contribution in [2.75, 3.05) is 5.32 Å². The van der Waals surface area contributed by atoms with E-state index in [2.05, 4.69) is 28.2 Å². The van der Waals surface area contributed by atoms with Gasteiger partial charge in [0.2, 0.25) is 0 Å². The van der Waals surface area contributed by atoms with E-state index < -0.39 is 0 Å². The Bertz CT molecular complexity index is 1260. The molecule has 0 unspecified atom stereocenters. The molecule has 142 valence electrons. The molecule has 0 spiro atoms. The molecule has 1 amide bonds. The summed E-state index contributed by atoms with van der Waals surface area (Å²) in [5.41, 5.74) is 4.21. The Morgan fingerprint density at radius 1 is 0.966 bits per heavy atom. The van der Waals surface area contributed by atoms with Gasteiger partial charge in [-0.3, -0.25) is 4.79 Å². The molecular weight excluding hydrogens is 400 g/mol. The van der Waals surface area contributed by atoms with Crippen LogP contribution in [-0.4, -0.2) is 10.5 Å². The highest BCUT2D eigenvalue weighted by molar-refractivity contribution is 8.04. The minimum Gasteiger partial charge on any atom is -0.342 e. The van der Waals surface area contributed by atoms with Gasteiger partial charge >= 0.3 is 0 Å². The number of para-hydroxylation sites is 2. The maximum atomic E-state index is 12.6. The fraction of sp³-hybridized carbons (Fsp3) is 0.0417. The molecular formula is C24H17ClN2OS. The number of benzene rings is 3. The normalized spacial score (nSPS) is 14.8. The third-order valence-electron chi connectivity index (χ3n) is 4.95. The average Bonchev–Trinajstić information content (AvgIpc) is 3.08. The number of nitrogens with one attached hydrogen (secondary N) is 1. The van der Waals surface area contributed by atoms with Gasteiger partial charge in [0, 0.05) is 39.1 Å². The minimum atomic E-state index is -0.0665. The van der Waals surface area contributed by atoms with Crippen molar-refractivity contribution in [3.8, 4) is 0 Å². The van der Waals surface area contributed by atoms with E-state index in [9.17, 15) is 4.79 Å². The first-order valence-corrected chi connectivity index (χ1v) is 10.5. The van der Waals surface area contributed by atoms with Crippen molar-refractivity contribution in [1.82, 2.24) is 4.57 Å². The molecule has 3 aromatic carbocycles. The molecule has 4 aromatic rings. The van der Waals surface area contributed by atoms with Crippen molar-refractivity contribution >= 4 is 51.9 Å². The molecule has 3 nitrogen and oxygen atoms in total. The SMILES string of the molecule is O=C1Nc2ccccc2S/C1=C\c1cn(Cc2ccc(Cl)cc2)c2ccccc12. The lowest BCUT2D eigenvalue weighted by Gasteiger charge is -2.18. The smallest absolute Gasteiger partial charge is 0.262 e. The van der Waals surface area contributed by atoms with Gasteiger partial charge < -0.3 is 9.88 Å². The largest absolute Gasteiger partial charge is 0.342 e. The number of thioether (sulfide) groups is 1. The zero-order valence-electron chi connectivity index (χ0n) is 15.4. The summed E-state index contributed by atoms with van der Waals surface area (Å²) in [5, 5.41) is 4.84. The second-order valence-electron chi connectivity index (χ2n) is 6.92. The van der Waals surface area contributed by atoms with Gasteiger partial charge in [-0.25, -0.2) is 0 Å². The van der Waals surface area contributed by atoms with Crippen LogP contribution in [0.5, 0.6) is 0 Å². The molecule has 0 bridgehead atoms. The predicted molar refractivity (Wildman–Crippen MR) is 121 cm³/mol. The number of hydrogen-bond donors (Lipinski definition) is 1. The summed E-state index contributed by atoms with van der Waals surface area (Å²) in [4.78, 5) is 14.4. The van der Waals surface area contributed by atoms with Gasteiger partial charge in [0.05, 0.1) is 10.6 Å². The van der Waals surface area contributed by atoms with Crippen LogP contribution in [0.3, 0.4) is 0 Å². The van der Waals surface area contributed by atoms with E-state index in [1.807, 2.05) is 66.7 Å². The number of rotatable bonds is 3. The highest BCUT2D eigenvalue weighted by Gasteiger charge is 2.21. The zero-order chi connectivity index (χ0) is 19.8. The molecule has 1 aliphatic rings. The molecule has 29 heavy (non-hydrogen) atoms. The Morgan fingerprint density at radius 3 is 2.59 bits per heavy atom. The van der Waals surface area contributed by atoms with E-state index in [-0.39, 0.29) is 5.91 Å². The Kier molecular flexibility index (Phi) is 4.66. The third-order valence-corrected chi connectivity index (χ3v) is 6.30. The molecule has 5 heteroatoms. The van der Waals surface area contributed by atoms with Crippen molar-refractivity contribution in [2.45, 2.75) is 11.4 Å². The van der Waals surface area contributed by atoms with Crippen LogP contribution < -0.4 is 5.32 Å². The highest BCUT2D eigenvalue weighted by Crippen LogP contribution is 2.39. The standard InChI is InChI=1S/C24H17ClN2OS/c25-18-11-9-16(10-12-18)14-27-15-17(19-5-1-3-7-21(19)27)13-23-24(28)26-20-6-2-4-8-22(20)29-23/h1-13,15H,14H2,(H,26,28)/b23-13-. The molecule has 2 heterocycles. The lowest BCUT2D eigenvalue weighted by molar-refractivity contribution is -0.112. The Balaban J connectivity index is 1.55. The third kappa shape index (κ3) is 3.57. The summed E-state index contributed by atoms with van der Waals surface area (Å²) >= 11 is 7.53. The molecule has 0 fully saturated rings. The van der Waals surface area contributed by atoms with Gasteiger partial charge in [0.25, 0.3) is 5.91 Å². The number of aromatic nitrogens is 1. The van der Waals surface area contributed by atoms with E-state index in [0.717, 1.165) is 38.6 Å². The van der Waals surface area contributed by atoms with E-state index in [1.165, 1.54) is 17.3 Å². The number of nitrogens with zero attached hydrogens (tertiary/aromatic N) is 1. The molecule has 5 rings (SSSR count). The summed E-state index contributed by atoms with van der Waals surface area (Å²) < 4.78 is 2.21. The lowest BCUT2D eigenvalue weighted by atomic mass is 10.1. The van der Waals surface area contributed by atoms with Crippen LogP contribution in [0, 0.1) is 0 Å². The first kappa shape index (κ1) is 18.1. The molecule has 0 radical (unpaired) electrons. The van der Waals surface area contributed by atoms with Crippen LogP contribution in [0.15, 0.2) is 88.8 Å². The molecule has 1 aromatic heterocycles. The molecule has 0 atom stereocenters. The number of fused-ring (bicyclic) bond motifs is 2. The number of carbonyl (C=O) groups is 1. The summed E-state index contributed by atoms with van der Waals surface area (Å²) in [6, 6.07) is 24.0. The Hall–Kier alpha value is -2.95. The fourth-order valence-electron chi connectivity index (χ4n) is 3.55. The predicted octanol–water partition coefficient (Wildman–Crippen LogP) is 6.43. The van der Waals surface area contributed by atoms with Crippen LogP contribution in [0.2, 0.25) is 5.02 Å². The van der Waals surface area contributed by atoms with Crippen molar-refractivity contribution in [1.29, 1.82) is 0 Å². The second-order valence-corrected chi connectivity index (χ2v) is 8.44. The number of hydrogen-bond acceptors (Lipinski definition) is 2. The van der Waals surface area contributed by atoms with E-state index in [1.54, 1.807) is 0 Å². The number of anilines is 1. The van der Waals surface area contributed by atoms with Gasteiger partial charge in [-0.2, -0.15) is 0 Å². The van der Waals surface area contributed by atoms with Crippen LogP contribution in [0.25, 0.3) is 17.0 Å². The Labute approximate surface area is 178 Å². The summed E-state index contributed by atoms with van der Waals surface area (Å²) in [7, 11) is 0. The van der Waals surface area contributed by atoms with Crippen molar-refractivity contribution < 1.29 is 4.79 Å². The topological polar surface area (TPSA) is 34.0 Å². The van der Waals surface area contributed by atoms with Crippen LogP contribution in [0.4, 0.5) is 5.69 Å². The monoisotopic (exact) mass is 416 g/mol. The fourth-order valence-corrected chi connectivity index (χ4v) is 4.62. The molecule has 0 saturated heterocycles. The van der Waals surface area contributed by atoms with E-state index in [4.69, 9.17) is 11.6 Å². The molecule has 1 aliphatic heterocycles. The van der Waals surface area contributed by atoms with Gasteiger partial charge in [-0.1, -0.05) is 65.8 Å². The summed E-state index contributed by atoms with van der Waals surface area (Å²) in [5.74, 6) is -0.0665. The zero-order valence-corrected chi connectivity index (χ0v) is 17.0. The maximum Gasteiger partial charge on any atom is 0.262 e. The lowest BCUT2D eigenvalue weighted by Crippen LogP contribution is -2.16. The average molecular weight is 417 g/mol. The summed E-state index contributed by atoms with van der Waals surface area (Å²) in [6.07, 6.45) is 4.09. The number of carbonyl (C=O) groups excluding carboxylic acids is 1. The van der Waals surface area contributed by atoms with Crippen LogP contribution >= 0.6 is 23.4 Å². The van der Waals surface area contributed by atoms with Gasteiger partial charge in [-0.05, 0) is 42.0 Å². The quantitative estimate of drug-likeness (QED) is 0.390. The summed E-state index contributed by atoms with van der Waals surface area (Å²) in [6.45, 7) is 0.739. The molecule has 0 aliphatic carbocycles. The van der Waals surface area contributed by atoms with Crippen molar-refractivity contribution in [3.63, 3.8) is 0 Å². The van der Waals surface area contributed by atoms with Crippen molar-refractivity contribution in [3.05, 3.63) is 100 Å². The number of amides is 1. The molecule has 1 N–H and O–H groups in total. The number of halogens is 1. The van der Waals surface area contributed by atoms with Gasteiger partial charge in [-0.15, -0.1) is 0 Å². The first-order valence-electron chi connectivity index (χ1n) is 9.30. The minimum absolute atomic E-state index is 0.0665. The van der Waals surface area contributed by atoms with E-state index >= 15 is 0 Å². The van der Waals surface area contributed by atoms with Gasteiger partial charge in [0.1, 0.15) is 0 Å². The van der Waals surface area contributed by atoms with E-state index in [0.29, 0.717) is 4.91 Å². The first-order chi connectivity index (χ1) is 14.2.